The molecule has 4 rings (SSSR count). The average Bonchev–Trinajstić information content (AvgIpc) is 2.73. The van der Waals surface area contributed by atoms with Gasteiger partial charge in [-0.2, -0.15) is 0 Å². The number of aromatic nitrogens is 3. The van der Waals surface area contributed by atoms with Crippen molar-refractivity contribution in [1.29, 1.82) is 0 Å². The second-order valence-electron chi connectivity index (χ2n) is 6.46. The van der Waals surface area contributed by atoms with E-state index < -0.39 is 0 Å². The van der Waals surface area contributed by atoms with Crippen LogP contribution in [0.2, 0.25) is 0 Å². The van der Waals surface area contributed by atoms with Crippen LogP contribution in [0.5, 0.6) is 0 Å². The Bertz CT molecular complexity index is 1120. The Kier molecular flexibility index (Phi) is 4.93. The Labute approximate surface area is 162 Å². The van der Waals surface area contributed by atoms with Gasteiger partial charge in [-0.05, 0) is 24.6 Å². The highest BCUT2D eigenvalue weighted by Crippen LogP contribution is 2.21. The number of benzene rings is 2. The highest BCUT2D eigenvalue weighted by molar-refractivity contribution is 6.07. The smallest absolute Gasteiger partial charge is 0.275 e. The maximum Gasteiger partial charge on any atom is 0.275 e. The lowest BCUT2D eigenvalue weighted by atomic mass is 10.1. The van der Waals surface area contributed by atoms with Gasteiger partial charge in [-0.3, -0.25) is 9.78 Å². The molecule has 6 nitrogen and oxygen atoms in total. The summed E-state index contributed by atoms with van der Waals surface area (Å²) in [5.41, 5.74) is 4.00. The van der Waals surface area contributed by atoms with Crippen molar-refractivity contribution in [3.8, 4) is 0 Å². The molecule has 6 heteroatoms. The lowest BCUT2D eigenvalue weighted by Crippen LogP contribution is -2.15. The molecule has 2 aromatic heterocycles. The minimum absolute atomic E-state index is 0.244. The van der Waals surface area contributed by atoms with Gasteiger partial charge >= 0.3 is 0 Å². The number of rotatable bonds is 5. The largest absolute Gasteiger partial charge is 0.365 e. The van der Waals surface area contributed by atoms with Gasteiger partial charge in [0, 0.05) is 18.1 Å². The fraction of sp³-hybridized carbons (Fsp3) is 0.0909. The lowest BCUT2D eigenvalue weighted by molar-refractivity contribution is 0.102. The van der Waals surface area contributed by atoms with Gasteiger partial charge in [-0.25, -0.2) is 9.97 Å². The maximum atomic E-state index is 12.5. The molecule has 0 bridgehead atoms. The third-order valence-electron chi connectivity index (χ3n) is 4.32. The number of pyridine rings is 1. The number of hydrogen-bond acceptors (Lipinski definition) is 5. The van der Waals surface area contributed by atoms with E-state index in [9.17, 15) is 4.79 Å². The second kappa shape index (κ2) is 7.84. The van der Waals surface area contributed by atoms with Crippen molar-refractivity contribution in [2.75, 3.05) is 10.6 Å². The van der Waals surface area contributed by atoms with E-state index in [1.807, 2.05) is 42.5 Å². The summed E-state index contributed by atoms with van der Waals surface area (Å²) >= 11 is 0. The fourth-order valence-corrected chi connectivity index (χ4v) is 2.94. The van der Waals surface area contributed by atoms with Crippen LogP contribution in [0.3, 0.4) is 0 Å². The van der Waals surface area contributed by atoms with E-state index in [0.717, 1.165) is 16.5 Å². The van der Waals surface area contributed by atoms with Crippen LogP contribution in [0.4, 0.5) is 11.5 Å². The Morgan fingerprint density at radius 2 is 1.82 bits per heavy atom. The molecule has 0 spiro atoms. The number of fused-ring (bicyclic) bond motifs is 1. The summed E-state index contributed by atoms with van der Waals surface area (Å²) < 4.78 is 0. The van der Waals surface area contributed by atoms with E-state index >= 15 is 0 Å². The minimum Gasteiger partial charge on any atom is -0.365 e. The van der Waals surface area contributed by atoms with E-state index in [1.165, 1.54) is 11.8 Å². The molecular formula is C22H19N5O. The van der Waals surface area contributed by atoms with E-state index in [1.54, 1.807) is 12.4 Å². The first-order valence-electron chi connectivity index (χ1n) is 8.95. The summed E-state index contributed by atoms with van der Waals surface area (Å²) in [5, 5.41) is 7.03. The number of carbonyl (C=O) groups excluding carboxylic acids is 1. The van der Waals surface area contributed by atoms with Gasteiger partial charge in [-0.15, -0.1) is 0 Å². The Balaban J connectivity index is 1.44. The van der Waals surface area contributed by atoms with Crippen molar-refractivity contribution in [1.82, 2.24) is 15.0 Å². The number of amides is 1. The van der Waals surface area contributed by atoms with Gasteiger partial charge in [-0.1, -0.05) is 48.0 Å². The first-order valence-corrected chi connectivity index (χ1v) is 8.95. The van der Waals surface area contributed by atoms with Crippen molar-refractivity contribution in [3.05, 3.63) is 90.0 Å². The Hall–Kier alpha value is -3.80. The molecule has 4 aromatic rings. The number of carbonyl (C=O) groups is 1. The third kappa shape index (κ3) is 3.96. The summed E-state index contributed by atoms with van der Waals surface area (Å²) in [7, 11) is 0. The van der Waals surface area contributed by atoms with Crippen LogP contribution in [0, 0.1) is 6.92 Å². The molecule has 2 heterocycles. The summed E-state index contributed by atoms with van der Waals surface area (Å²) in [5.74, 6) is 0.292. The number of para-hydroxylation sites is 1. The maximum absolute atomic E-state index is 12.5. The van der Waals surface area contributed by atoms with Crippen molar-refractivity contribution in [2.45, 2.75) is 13.5 Å². The molecule has 28 heavy (non-hydrogen) atoms. The molecule has 138 valence electrons. The van der Waals surface area contributed by atoms with E-state index in [-0.39, 0.29) is 11.6 Å². The van der Waals surface area contributed by atoms with Crippen LogP contribution in [-0.2, 0) is 6.54 Å². The molecule has 0 saturated carbocycles. The van der Waals surface area contributed by atoms with Gasteiger partial charge < -0.3 is 10.6 Å². The summed E-state index contributed by atoms with van der Waals surface area (Å²) in [6, 6.07) is 17.7. The molecule has 0 aliphatic rings. The Morgan fingerprint density at radius 1 is 0.964 bits per heavy atom. The SMILES string of the molecule is Cc1cccc(CNc2cnc(C(=O)Nc3cccc4cccnc34)cn2)c1. The second-order valence-corrected chi connectivity index (χ2v) is 6.46. The number of hydrogen-bond donors (Lipinski definition) is 2. The van der Waals surface area contributed by atoms with Crippen LogP contribution < -0.4 is 10.6 Å². The lowest BCUT2D eigenvalue weighted by Gasteiger charge is -2.09. The molecule has 0 fully saturated rings. The van der Waals surface area contributed by atoms with Crippen molar-refractivity contribution >= 4 is 28.3 Å². The number of nitrogens with one attached hydrogen (secondary N) is 2. The molecule has 0 radical (unpaired) electrons. The van der Waals surface area contributed by atoms with Crippen LogP contribution in [0.15, 0.2) is 73.2 Å². The molecule has 1 amide bonds. The third-order valence-corrected chi connectivity index (χ3v) is 4.32. The zero-order chi connectivity index (χ0) is 19.3. The summed E-state index contributed by atoms with van der Waals surface area (Å²) in [6.45, 7) is 2.70. The molecule has 0 aliphatic carbocycles. The fourth-order valence-electron chi connectivity index (χ4n) is 2.94. The van der Waals surface area contributed by atoms with Crippen LogP contribution in [0.25, 0.3) is 10.9 Å². The highest BCUT2D eigenvalue weighted by Gasteiger charge is 2.11. The standard InChI is InChI=1S/C22H19N5O/c1-15-5-2-6-16(11-15)12-25-20-14-24-19(13-26-20)22(28)27-18-9-3-7-17-8-4-10-23-21(17)18/h2-11,13-14H,12H2,1H3,(H,25,26)(H,27,28). The quantitative estimate of drug-likeness (QED) is 0.551. The number of nitrogens with zero attached hydrogens (tertiary/aromatic N) is 3. The highest BCUT2D eigenvalue weighted by atomic mass is 16.1. The zero-order valence-electron chi connectivity index (χ0n) is 15.4. The molecule has 2 aromatic carbocycles. The molecule has 0 saturated heterocycles. The van der Waals surface area contributed by atoms with Crippen molar-refractivity contribution in [2.24, 2.45) is 0 Å². The first-order chi connectivity index (χ1) is 13.7. The number of anilines is 2. The van der Waals surface area contributed by atoms with E-state index in [4.69, 9.17) is 0 Å². The predicted octanol–water partition coefficient (Wildman–Crippen LogP) is 4.20. The molecule has 0 aliphatic heterocycles. The van der Waals surface area contributed by atoms with E-state index in [2.05, 4.69) is 44.6 Å². The average molecular weight is 369 g/mol. The van der Waals surface area contributed by atoms with Gasteiger partial charge in [0.2, 0.25) is 0 Å². The van der Waals surface area contributed by atoms with Crippen molar-refractivity contribution in [3.63, 3.8) is 0 Å². The van der Waals surface area contributed by atoms with Gasteiger partial charge in [0.1, 0.15) is 11.5 Å². The topological polar surface area (TPSA) is 79.8 Å². The van der Waals surface area contributed by atoms with Crippen LogP contribution >= 0.6 is 0 Å². The predicted molar refractivity (Wildman–Crippen MR) is 110 cm³/mol. The number of aryl methyl sites for hydroxylation is 1. The monoisotopic (exact) mass is 369 g/mol. The summed E-state index contributed by atoms with van der Waals surface area (Å²) in [6.07, 6.45) is 4.73. The Morgan fingerprint density at radius 3 is 2.64 bits per heavy atom. The van der Waals surface area contributed by atoms with Gasteiger partial charge in [0.25, 0.3) is 5.91 Å². The molecule has 0 atom stereocenters. The zero-order valence-corrected chi connectivity index (χ0v) is 15.4. The van der Waals surface area contributed by atoms with E-state index in [0.29, 0.717) is 18.1 Å². The van der Waals surface area contributed by atoms with Crippen LogP contribution in [-0.4, -0.2) is 20.9 Å². The molecule has 2 N–H and O–H groups in total. The summed E-state index contributed by atoms with van der Waals surface area (Å²) in [4.78, 5) is 25.4. The van der Waals surface area contributed by atoms with Gasteiger partial charge in [0.05, 0.1) is 23.6 Å². The molecule has 0 unspecified atom stereocenters. The van der Waals surface area contributed by atoms with Crippen molar-refractivity contribution < 1.29 is 4.79 Å². The normalized spacial score (nSPS) is 10.6. The molecular weight excluding hydrogens is 350 g/mol. The van der Waals surface area contributed by atoms with Crippen LogP contribution in [0.1, 0.15) is 21.6 Å². The first kappa shape index (κ1) is 17.6. The minimum atomic E-state index is -0.323. The van der Waals surface area contributed by atoms with Gasteiger partial charge in [0.15, 0.2) is 0 Å².